The van der Waals surface area contributed by atoms with E-state index in [1.54, 1.807) is 18.1 Å². The zero-order chi connectivity index (χ0) is 10.8. The van der Waals surface area contributed by atoms with Gasteiger partial charge in [-0.1, -0.05) is 6.07 Å². The largest absolute Gasteiger partial charge is 0.336 e. The highest BCUT2D eigenvalue weighted by molar-refractivity contribution is 5.77. The molecule has 1 saturated heterocycles. The van der Waals surface area contributed by atoms with Crippen molar-refractivity contribution in [3.8, 4) is 0 Å². The van der Waals surface area contributed by atoms with E-state index in [9.17, 15) is 4.79 Å². The first-order valence-corrected chi connectivity index (χ1v) is 5.12. The molecule has 2 N–H and O–H groups in total. The number of carbonyl (C=O) groups is 1. The van der Waals surface area contributed by atoms with E-state index in [0.717, 1.165) is 12.1 Å². The molecule has 80 valence electrons. The maximum Gasteiger partial charge on any atom is 0.222 e. The fraction of sp³-hybridized carbons (Fsp3) is 0.455. The Hall–Kier alpha value is -1.42. The smallest absolute Gasteiger partial charge is 0.222 e. The topological polar surface area (TPSA) is 59.2 Å². The Labute approximate surface area is 89.1 Å². The summed E-state index contributed by atoms with van der Waals surface area (Å²) < 4.78 is 0. The molecular formula is C11H15N3O. The molecule has 0 saturated carbocycles. The molecule has 0 bridgehead atoms. The molecule has 15 heavy (non-hydrogen) atoms. The van der Waals surface area contributed by atoms with Crippen LogP contribution in [0, 0.1) is 0 Å². The summed E-state index contributed by atoms with van der Waals surface area (Å²) in [6.45, 7) is 0. The number of amides is 1. The summed E-state index contributed by atoms with van der Waals surface area (Å²) >= 11 is 0. The molecule has 1 aliphatic heterocycles. The van der Waals surface area contributed by atoms with E-state index < -0.39 is 0 Å². The summed E-state index contributed by atoms with van der Waals surface area (Å²) in [5.74, 6) is 0.146. The Morgan fingerprint density at radius 2 is 2.33 bits per heavy atom. The summed E-state index contributed by atoms with van der Waals surface area (Å²) in [6, 6.07) is 5.61. The molecule has 1 aromatic heterocycles. The lowest BCUT2D eigenvalue weighted by molar-refractivity contribution is -0.135. The highest BCUT2D eigenvalue weighted by Gasteiger charge is 2.32. The van der Waals surface area contributed by atoms with Crippen LogP contribution in [0.1, 0.15) is 24.6 Å². The van der Waals surface area contributed by atoms with Crippen molar-refractivity contribution in [3.05, 3.63) is 30.1 Å². The van der Waals surface area contributed by atoms with Crippen molar-refractivity contribution in [2.24, 2.45) is 5.73 Å². The van der Waals surface area contributed by atoms with Crippen LogP contribution in [0.4, 0.5) is 0 Å². The molecule has 1 aliphatic rings. The third kappa shape index (κ3) is 1.85. The van der Waals surface area contributed by atoms with Gasteiger partial charge in [-0.25, -0.2) is 0 Å². The van der Waals surface area contributed by atoms with Crippen molar-refractivity contribution in [2.45, 2.75) is 24.9 Å². The molecule has 2 unspecified atom stereocenters. The summed E-state index contributed by atoms with van der Waals surface area (Å²) in [5.41, 5.74) is 6.91. The molecule has 0 spiro atoms. The number of likely N-dealkylation sites (N-methyl/N-ethyl adjacent to an activating group) is 1. The predicted octanol–water partition coefficient (Wildman–Crippen LogP) is 0.702. The van der Waals surface area contributed by atoms with Crippen LogP contribution in [0.5, 0.6) is 0 Å². The van der Waals surface area contributed by atoms with E-state index in [2.05, 4.69) is 4.98 Å². The number of hydrogen-bond donors (Lipinski definition) is 1. The minimum absolute atomic E-state index is 0.0115. The van der Waals surface area contributed by atoms with E-state index in [1.165, 1.54) is 0 Å². The third-order valence-corrected chi connectivity index (χ3v) is 2.90. The number of piperidine rings is 1. The second-order valence-corrected chi connectivity index (χ2v) is 3.91. The maximum atomic E-state index is 11.6. The Morgan fingerprint density at radius 1 is 1.53 bits per heavy atom. The van der Waals surface area contributed by atoms with Crippen LogP contribution < -0.4 is 5.73 Å². The van der Waals surface area contributed by atoms with Crippen LogP contribution >= 0.6 is 0 Å². The van der Waals surface area contributed by atoms with Crippen molar-refractivity contribution < 1.29 is 4.79 Å². The zero-order valence-electron chi connectivity index (χ0n) is 8.76. The van der Waals surface area contributed by atoms with E-state index in [1.807, 2.05) is 18.2 Å². The average molecular weight is 205 g/mol. The molecule has 4 heteroatoms. The lowest BCUT2D eigenvalue weighted by atomic mass is 9.94. The van der Waals surface area contributed by atoms with Gasteiger partial charge in [-0.05, 0) is 18.6 Å². The van der Waals surface area contributed by atoms with Gasteiger partial charge in [0.1, 0.15) is 0 Å². The normalized spacial score (nSPS) is 26.8. The Bertz CT molecular complexity index is 352. The maximum absolute atomic E-state index is 11.6. The van der Waals surface area contributed by atoms with Crippen LogP contribution in [0.3, 0.4) is 0 Å². The first kappa shape index (κ1) is 10.1. The van der Waals surface area contributed by atoms with Gasteiger partial charge in [0.15, 0.2) is 0 Å². The fourth-order valence-electron chi connectivity index (χ4n) is 2.04. The minimum Gasteiger partial charge on any atom is -0.336 e. The van der Waals surface area contributed by atoms with Gasteiger partial charge in [0, 0.05) is 25.7 Å². The minimum atomic E-state index is -0.0764. The van der Waals surface area contributed by atoms with E-state index >= 15 is 0 Å². The summed E-state index contributed by atoms with van der Waals surface area (Å²) in [5, 5.41) is 0. The van der Waals surface area contributed by atoms with E-state index in [-0.39, 0.29) is 18.0 Å². The highest BCUT2D eigenvalue weighted by Crippen LogP contribution is 2.27. The van der Waals surface area contributed by atoms with Crippen LogP contribution in [0.2, 0.25) is 0 Å². The molecule has 0 aromatic carbocycles. The molecule has 1 aromatic rings. The number of nitrogens with two attached hydrogens (primary N) is 1. The predicted molar refractivity (Wildman–Crippen MR) is 57.0 cm³/mol. The van der Waals surface area contributed by atoms with Crippen molar-refractivity contribution in [1.82, 2.24) is 9.88 Å². The number of carbonyl (C=O) groups excluding carboxylic acids is 1. The van der Waals surface area contributed by atoms with Gasteiger partial charge in [0.25, 0.3) is 0 Å². The van der Waals surface area contributed by atoms with Crippen molar-refractivity contribution in [1.29, 1.82) is 0 Å². The molecule has 2 heterocycles. The van der Waals surface area contributed by atoms with Crippen LogP contribution in [0.15, 0.2) is 24.4 Å². The monoisotopic (exact) mass is 205 g/mol. The zero-order valence-corrected chi connectivity index (χ0v) is 8.76. The average Bonchev–Trinajstić information content (AvgIpc) is 2.26. The van der Waals surface area contributed by atoms with Gasteiger partial charge in [-0.3, -0.25) is 9.78 Å². The van der Waals surface area contributed by atoms with E-state index in [4.69, 9.17) is 5.73 Å². The Kier molecular flexibility index (Phi) is 2.68. The van der Waals surface area contributed by atoms with Gasteiger partial charge in [-0.2, -0.15) is 0 Å². The Balaban J connectivity index is 2.29. The lowest BCUT2D eigenvalue weighted by Gasteiger charge is -2.36. The van der Waals surface area contributed by atoms with Gasteiger partial charge < -0.3 is 10.6 Å². The number of hydrogen-bond acceptors (Lipinski definition) is 3. The first-order chi connectivity index (χ1) is 7.20. The molecule has 2 atom stereocenters. The lowest BCUT2D eigenvalue weighted by Crippen LogP contribution is -2.47. The molecule has 0 radical (unpaired) electrons. The van der Waals surface area contributed by atoms with Crippen LogP contribution in [-0.4, -0.2) is 28.9 Å². The van der Waals surface area contributed by atoms with Crippen LogP contribution in [-0.2, 0) is 4.79 Å². The highest BCUT2D eigenvalue weighted by atomic mass is 16.2. The number of likely N-dealkylation sites (tertiary alicyclic amines) is 1. The first-order valence-electron chi connectivity index (χ1n) is 5.12. The van der Waals surface area contributed by atoms with Gasteiger partial charge in [-0.15, -0.1) is 0 Å². The Morgan fingerprint density at radius 3 is 3.00 bits per heavy atom. The van der Waals surface area contributed by atoms with Gasteiger partial charge in [0.2, 0.25) is 5.91 Å². The summed E-state index contributed by atoms with van der Waals surface area (Å²) in [6.07, 6.45) is 3.01. The van der Waals surface area contributed by atoms with Crippen molar-refractivity contribution in [3.63, 3.8) is 0 Å². The molecule has 1 fully saturated rings. The summed E-state index contributed by atoms with van der Waals surface area (Å²) in [7, 11) is 1.79. The van der Waals surface area contributed by atoms with Gasteiger partial charge in [0.05, 0.1) is 11.7 Å². The molecule has 0 aliphatic carbocycles. The van der Waals surface area contributed by atoms with Crippen molar-refractivity contribution >= 4 is 5.91 Å². The van der Waals surface area contributed by atoms with E-state index in [0.29, 0.717) is 6.42 Å². The summed E-state index contributed by atoms with van der Waals surface area (Å²) in [4.78, 5) is 17.5. The SMILES string of the molecule is CN1C(=O)CCC(N)C1c1ccccn1. The molecule has 2 rings (SSSR count). The molecular weight excluding hydrogens is 190 g/mol. The second-order valence-electron chi connectivity index (χ2n) is 3.91. The quantitative estimate of drug-likeness (QED) is 0.734. The molecule has 1 amide bonds. The number of aromatic nitrogens is 1. The molecule has 4 nitrogen and oxygen atoms in total. The van der Waals surface area contributed by atoms with Gasteiger partial charge >= 0.3 is 0 Å². The second kappa shape index (κ2) is 3.98. The van der Waals surface area contributed by atoms with Crippen LogP contribution in [0.25, 0.3) is 0 Å². The fourth-order valence-corrected chi connectivity index (χ4v) is 2.04. The number of pyridine rings is 1. The third-order valence-electron chi connectivity index (χ3n) is 2.90. The standard InChI is InChI=1S/C11H15N3O/c1-14-10(15)6-5-8(12)11(14)9-4-2-3-7-13-9/h2-4,7-8,11H,5-6,12H2,1H3. The van der Waals surface area contributed by atoms with Crippen molar-refractivity contribution in [2.75, 3.05) is 7.05 Å². The number of nitrogens with zero attached hydrogens (tertiary/aromatic N) is 2. The number of rotatable bonds is 1.